The third kappa shape index (κ3) is 2.38. The van der Waals surface area contributed by atoms with E-state index in [1.165, 1.54) is 12.1 Å². The molecule has 0 amide bonds. The molecule has 1 aromatic carbocycles. The quantitative estimate of drug-likeness (QED) is 0.667. The van der Waals surface area contributed by atoms with Crippen LogP contribution in [0.5, 0.6) is 5.75 Å². The number of aryl methyl sites for hydroxylation is 1. The Morgan fingerprint density at radius 1 is 1.28 bits per heavy atom. The summed E-state index contributed by atoms with van der Waals surface area (Å²) in [4.78, 5) is 0. The van der Waals surface area contributed by atoms with Crippen LogP contribution in [0.2, 0.25) is 0 Å². The lowest BCUT2D eigenvalue weighted by atomic mass is 10.0. The van der Waals surface area contributed by atoms with Gasteiger partial charge in [-0.25, -0.2) is 0 Å². The van der Waals surface area contributed by atoms with Crippen LogP contribution in [0.25, 0.3) is 0 Å². The average Bonchev–Trinajstić information content (AvgIpc) is 2.27. The molecule has 0 bridgehead atoms. The Kier molecular flexibility index (Phi) is 3.14. The van der Waals surface area contributed by atoms with Gasteiger partial charge in [0.05, 0.1) is 5.69 Å². The van der Waals surface area contributed by atoms with Crippen LogP contribution in [0.3, 0.4) is 0 Å². The standard InChI is InChI=1S/C10H10F3NO3S/c11-10(12,13)18(15,16)17-8-5-1-3-7-4-2-6-14-9(7)8/h1,3,5,14H,2,4,6H2. The predicted molar refractivity (Wildman–Crippen MR) is 58.9 cm³/mol. The monoisotopic (exact) mass is 281 g/mol. The molecule has 0 aliphatic carbocycles. The summed E-state index contributed by atoms with van der Waals surface area (Å²) in [6.07, 6.45) is 1.51. The van der Waals surface area contributed by atoms with Crippen molar-refractivity contribution in [2.45, 2.75) is 18.3 Å². The normalized spacial score (nSPS) is 15.7. The van der Waals surface area contributed by atoms with Gasteiger partial charge in [0.15, 0.2) is 5.75 Å². The molecule has 0 saturated carbocycles. The minimum absolute atomic E-state index is 0.315. The first kappa shape index (κ1) is 13.0. The minimum atomic E-state index is -5.62. The summed E-state index contributed by atoms with van der Waals surface area (Å²) in [5, 5.41) is 2.85. The summed E-state index contributed by atoms with van der Waals surface area (Å²) >= 11 is 0. The van der Waals surface area contributed by atoms with E-state index in [1.54, 1.807) is 6.07 Å². The SMILES string of the molecule is O=S(=O)(Oc1cccc2c1NCCC2)C(F)(F)F. The highest BCUT2D eigenvalue weighted by molar-refractivity contribution is 7.88. The molecule has 18 heavy (non-hydrogen) atoms. The van der Waals surface area contributed by atoms with E-state index in [4.69, 9.17) is 0 Å². The molecule has 0 saturated heterocycles. The number of anilines is 1. The Hall–Kier alpha value is -1.44. The molecule has 1 heterocycles. The molecule has 1 aromatic rings. The van der Waals surface area contributed by atoms with Gasteiger partial charge in [-0.1, -0.05) is 12.1 Å². The lowest BCUT2D eigenvalue weighted by Crippen LogP contribution is -2.28. The highest BCUT2D eigenvalue weighted by Crippen LogP contribution is 2.35. The molecule has 0 unspecified atom stereocenters. The van der Waals surface area contributed by atoms with Gasteiger partial charge in [-0.3, -0.25) is 0 Å². The number of benzene rings is 1. The smallest absolute Gasteiger partial charge is 0.382 e. The zero-order valence-electron chi connectivity index (χ0n) is 9.12. The zero-order chi connectivity index (χ0) is 13.4. The fourth-order valence-electron chi connectivity index (χ4n) is 1.71. The van der Waals surface area contributed by atoms with Gasteiger partial charge < -0.3 is 9.50 Å². The first-order valence-corrected chi connectivity index (χ1v) is 6.58. The van der Waals surface area contributed by atoms with Gasteiger partial charge in [0.2, 0.25) is 0 Å². The van der Waals surface area contributed by atoms with Gasteiger partial charge in [0, 0.05) is 6.54 Å². The Balaban J connectivity index is 2.36. The van der Waals surface area contributed by atoms with Crippen molar-refractivity contribution in [2.24, 2.45) is 0 Å². The molecule has 0 aromatic heterocycles. The summed E-state index contributed by atoms with van der Waals surface area (Å²) < 4.78 is 62.7. The lowest BCUT2D eigenvalue weighted by molar-refractivity contribution is -0.0499. The molecule has 100 valence electrons. The summed E-state index contributed by atoms with van der Waals surface area (Å²) in [5.41, 5.74) is -4.36. The van der Waals surface area contributed by atoms with E-state index >= 15 is 0 Å². The zero-order valence-corrected chi connectivity index (χ0v) is 9.94. The van der Waals surface area contributed by atoms with Gasteiger partial charge in [-0.2, -0.15) is 21.6 Å². The van der Waals surface area contributed by atoms with E-state index in [-0.39, 0.29) is 5.75 Å². The van der Waals surface area contributed by atoms with Crippen LogP contribution in [0, 0.1) is 0 Å². The van der Waals surface area contributed by atoms with Crippen LogP contribution >= 0.6 is 0 Å². The number of hydrogen-bond acceptors (Lipinski definition) is 4. The van der Waals surface area contributed by atoms with Gasteiger partial charge >= 0.3 is 15.6 Å². The maximum atomic E-state index is 12.2. The van der Waals surface area contributed by atoms with Crippen molar-refractivity contribution < 1.29 is 25.8 Å². The van der Waals surface area contributed by atoms with E-state index in [1.807, 2.05) is 0 Å². The maximum Gasteiger partial charge on any atom is 0.534 e. The molecule has 1 aliphatic rings. The molecule has 0 radical (unpaired) electrons. The largest absolute Gasteiger partial charge is 0.534 e. The third-order valence-electron chi connectivity index (χ3n) is 2.52. The van der Waals surface area contributed by atoms with Crippen LogP contribution in [0.4, 0.5) is 18.9 Å². The Labute approximate surface area is 102 Å². The average molecular weight is 281 g/mol. The highest BCUT2D eigenvalue weighted by atomic mass is 32.2. The van der Waals surface area contributed by atoms with Gasteiger partial charge in [-0.15, -0.1) is 0 Å². The van der Waals surface area contributed by atoms with Crippen LogP contribution in [0.1, 0.15) is 12.0 Å². The molecule has 0 fully saturated rings. The second-order valence-corrected chi connectivity index (χ2v) is 5.34. The summed E-state index contributed by atoms with van der Waals surface area (Å²) in [6.45, 7) is 0.569. The number of halogens is 3. The maximum absolute atomic E-state index is 12.2. The first-order chi connectivity index (χ1) is 8.31. The van der Waals surface area contributed by atoms with Crippen molar-refractivity contribution in [1.82, 2.24) is 0 Å². The van der Waals surface area contributed by atoms with E-state index in [9.17, 15) is 21.6 Å². The number of hydrogen-bond donors (Lipinski definition) is 1. The van der Waals surface area contributed by atoms with Crippen LogP contribution in [-0.4, -0.2) is 20.5 Å². The summed E-state index contributed by atoms with van der Waals surface area (Å²) in [7, 11) is -5.62. The van der Waals surface area contributed by atoms with E-state index in [0.29, 0.717) is 18.7 Å². The first-order valence-electron chi connectivity index (χ1n) is 5.18. The van der Waals surface area contributed by atoms with Crippen molar-refractivity contribution in [3.63, 3.8) is 0 Å². The van der Waals surface area contributed by atoms with E-state index < -0.39 is 15.6 Å². The van der Waals surface area contributed by atoms with E-state index in [2.05, 4.69) is 9.50 Å². The number of nitrogens with one attached hydrogen (secondary N) is 1. The van der Waals surface area contributed by atoms with Crippen molar-refractivity contribution in [3.8, 4) is 5.75 Å². The van der Waals surface area contributed by atoms with Crippen molar-refractivity contribution >= 4 is 15.8 Å². The second-order valence-electron chi connectivity index (χ2n) is 3.80. The number of fused-ring (bicyclic) bond motifs is 1. The molecule has 0 spiro atoms. The molecule has 1 N–H and O–H groups in total. The van der Waals surface area contributed by atoms with Gasteiger partial charge in [-0.05, 0) is 24.5 Å². The van der Waals surface area contributed by atoms with Crippen LogP contribution < -0.4 is 9.50 Å². The Bertz CT molecular complexity index is 554. The Morgan fingerprint density at radius 2 is 2.00 bits per heavy atom. The van der Waals surface area contributed by atoms with Crippen molar-refractivity contribution in [1.29, 1.82) is 0 Å². The van der Waals surface area contributed by atoms with Crippen LogP contribution in [-0.2, 0) is 16.5 Å². The highest BCUT2D eigenvalue weighted by Gasteiger charge is 2.48. The van der Waals surface area contributed by atoms with E-state index in [0.717, 1.165) is 12.0 Å². The number of rotatable bonds is 2. The summed E-state index contributed by atoms with van der Waals surface area (Å²) in [6, 6.07) is 4.38. The van der Waals surface area contributed by atoms with Gasteiger partial charge in [0.1, 0.15) is 0 Å². The number of alkyl halides is 3. The second kappa shape index (κ2) is 4.34. The van der Waals surface area contributed by atoms with Crippen molar-refractivity contribution in [2.75, 3.05) is 11.9 Å². The minimum Gasteiger partial charge on any atom is -0.382 e. The lowest BCUT2D eigenvalue weighted by Gasteiger charge is -2.21. The topological polar surface area (TPSA) is 55.4 Å². The molecule has 8 heteroatoms. The molecule has 1 aliphatic heterocycles. The predicted octanol–water partition coefficient (Wildman–Crippen LogP) is 2.27. The van der Waals surface area contributed by atoms with Crippen molar-refractivity contribution in [3.05, 3.63) is 23.8 Å². The fourth-order valence-corrected chi connectivity index (χ4v) is 2.18. The van der Waals surface area contributed by atoms with Crippen LogP contribution in [0.15, 0.2) is 18.2 Å². The fraction of sp³-hybridized carbons (Fsp3) is 0.400. The molecular weight excluding hydrogens is 271 g/mol. The Morgan fingerprint density at radius 3 is 2.67 bits per heavy atom. The molecular formula is C10H10F3NO3S. The third-order valence-corrected chi connectivity index (χ3v) is 3.49. The van der Waals surface area contributed by atoms with Gasteiger partial charge in [0.25, 0.3) is 0 Å². The summed E-state index contributed by atoms with van der Waals surface area (Å²) in [5.74, 6) is -0.315. The molecule has 4 nitrogen and oxygen atoms in total. The molecule has 2 rings (SSSR count). The molecule has 0 atom stereocenters. The number of para-hydroxylation sites is 1.